The number of aryl methyl sites for hydroxylation is 1. The highest BCUT2D eigenvalue weighted by atomic mass is 32.2. The van der Waals surface area contributed by atoms with Crippen LogP contribution in [-0.2, 0) is 28.6 Å². The summed E-state index contributed by atoms with van der Waals surface area (Å²) in [6.07, 6.45) is 1.83. The number of rotatable bonds is 14. The summed E-state index contributed by atoms with van der Waals surface area (Å²) in [4.78, 5) is 0.113. The molecule has 0 heterocycles. The van der Waals surface area contributed by atoms with Gasteiger partial charge in [-0.2, -0.15) is 4.72 Å². The summed E-state index contributed by atoms with van der Waals surface area (Å²) in [5.41, 5.74) is -0.604. The molecule has 1 rings (SSSR count). The molecular formula is C20H36NO6PS. The lowest BCUT2D eigenvalue weighted by atomic mass is 10.2. The van der Waals surface area contributed by atoms with Gasteiger partial charge in [0.25, 0.3) is 7.37 Å². The molecule has 1 aromatic carbocycles. The Labute approximate surface area is 176 Å². The van der Waals surface area contributed by atoms with Crippen LogP contribution in [0.5, 0.6) is 0 Å². The first-order valence-corrected chi connectivity index (χ1v) is 13.4. The number of ether oxygens (including phenoxy) is 2. The van der Waals surface area contributed by atoms with Crippen LogP contribution in [0.1, 0.15) is 59.4 Å². The molecular weight excluding hydrogens is 413 g/mol. The summed E-state index contributed by atoms with van der Waals surface area (Å²) in [7, 11) is -7.69. The molecule has 0 aromatic heterocycles. The molecule has 0 aliphatic carbocycles. The predicted octanol–water partition coefficient (Wildman–Crippen LogP) is 4.85. The third-order valence-corrected chi connectivity index (χ3v) is 9.48. The van der Waals surface area contributed by atoms with E-state index in [0.717, 1.165) is 12.0 Å². The molecule has 0 radical (unpaired) electrons. The number of benzene rings is 1. The Morgan fingerprint density at radius 1 is 1.03 bits per heavy atom. The van der Waals surface area contributed by atoms with Gasteiger partial charge in [0.1, 0.15) is 5.78 Å². The highest BCUT2D eigenvalue weighted by molar-refractivity contribution is 7.90. The normalized spacial score (nSPS) is 15.8. The average molecular weight is 450 g/mol. The number of hydrogen-bond acceptors (Lipinski definition) is 6. The van der Waals surface area contributed by atoms with Crippen LogP contribution in [0.25, 0.3) is 0 Å². The summed E-state index contributed by atoms with van der Waals surface area (Å²) in [5, 5.41) is 0. The van der Waals surface area contributed by atoms with E-state index in [-0.39, 0.29) is 24.7 Å². The molecule has 1 aromatic rings. The molecule has 0 aliphatic rings. The fraction of sp³-hybridized carbons (Fsp3) is 0.700. The minimum Gasteiger partial charge on any atom is -0.342 e. The molecule has 2 atom stereocenters. The van der Waals surface area contributed by atoms with Crippen molar-refractivity contribution in [3.05, 3.63) is 29.8 Å². The molecule has 0 amide bonds. The van der Waals surface area contributed by atoms with Gasteiger partial charge in [-0.1, -0.05) is 37.5 Å². The van der Waals surface area contributed by atoms with Crippen LogP contribution < -0.4 is 4.72 Å². The first kappa shape index (κ1) is 26.3. The van der Waals surface area contributed by atoms with Crippen LogP contribution in [0.3, 0.4) is 0 Å². The highest BCUT2D eigenvalue weighted by Gasteiger charge is 2.54. The number of nitrogens with one attached hydrogen (secondary N) is 1. The summed E-state index contributed by atoms with van der Waals surface area (Å²) in [6.45, 7) is 11.3. The molecule has 9 heteroatoms. The third kappa shape index (κ3) is 6.61. The molecule has 7 nitrogen and oxygen atoms in total. The maximum atomic E-state index is 14.2. The van der Waals surface area contributed by atoms with Crippen molar-refractivity contribution >= 4 is 17.4 Å². The zero-order chi connectivity index (χ0) is 22.1. The molecule has 1 N–H and O–H groups in total. The minimum absolute atomic E-state index is 0.113. The van der Waals surface area contributed by atoms with Crippen molar-refractivity contribution in [2.24, 2.45) is 0 Å². The second-order valence-electron chi connectivity index (χ2n) is 6.87. The Morgan fingerprint density at radius 2 is 1.59 bits per heavy atom. The first-order valence-electron chi connectivity index (χ1n) is 10.2. The summed E-state index contributed by atoms with van der Waals surface area (Å²) in [6, 6.07) is 6.51. The molecule has 0 bridgehead atoms. The Morgan fingerprint density at radius 3 is 2.03 bits per heavy atom. The van der Waals surface area contributed by atoms with Gasteiger partial charge in [-0.05, 0) is 53.2 Å². The zero-order valence-corrected chi connectivity index (χ0v) is 20.1. The van der Waals surface area contributed by atoms with Crippen LogP contribution >= 0.6 is 7.37 Å². The molecule has 0 saturated carbocycles. The molecule has 0 aliphatic heterocycles. The molecule has 1 unspecified atom stereocenters. The van der Waals surface area contributed by atoms with Crippen molar-refractivity contribution < 1.29 is 27.0 Å². The summed E-state index contributed by atoms with van der Waals surface area (Å²) < 4.78 is 60.1. The van der Waals surface area contributed by atoms with Gasteiger partial charge < -0.3 is 14.0 Å². The second-order valence-corrected chi connectivity index (χ2v) is 11.5. The van der Waals surface area contributed by atoms with E-state index in [1.807, 2.05) is 13.8 Å². The maximum Gasteiger partial charge on any atom is 0.277 e. The maximum absolute atomic E-state index is 14.2. The van der Waals surface area contributed by atoms with E-state index >= 15 is 0 Å². The van der Waals surface area contributed by atoms with E-state index in [9.17, 15) is 13.0 Å². The number of sulfonamides is 1. The van der Waals surface area contributed by atoms with Gasteiger partial charge >= 0.3 is 0 Å². The van der Waals surface area contributed by atoms with Crippen LogP contribution in [0, 0.1) is 6.92 Å². The zero-order valence-electron chi connectivity index (χ0n) is 18.4. The molecule has 0 saturated heterocycles. The van der Waals surface area contributed by atoms with Gasteiger partial charge in [0.05, 0.1) is 11.5 Å². The molecule has 29 heavy (non-hydrogen) atoms. The summed E-state index contributed by atoms with van der Waals surface area (Å²) in [5.74, 6) is -0.975. The van der Waals surface area contributed by atoms with E-state index in [4.69, 9.17) is 14.0 Å². The molecule has 0 spiro atoms. The van der Waals surface area contributed by atoms with Crippen molar-refractivity contribution in [3.63, 3.8) is 0 Å². The van der Waals surface area contributed by atoms with E-state index < -0.39 is 28.7 Å². The van der Waals surface area contributed by atoms with Gasteiger partial charge in [0.15, 0.2) is 0 Å². The SMILES string of the molecule is CCCC[C@H](NS(=O)(=O)c1ccc(C)cc1)P(=O)(OCC)C(C)(OCC)OCC. The van der Waals surface area contributed by atoms with E-state index in [1.165, 1.54) is 12.1 Å². The topological polar surface area (TPSA) is 90.9 Å². The lowest BCUT2D eigenvalue weighted by Gasteiger charge is -2.40. The van der Waals surface area contributed by atoms with Gasteiger partial charge in [0.2, 0.25) is 15.6 Å². The van der Waals surface area contributed by atoms with Crippen molar-refractivity contribution in [2.45, 2.75) is 77.0 Å². The van der Waals surface area contributed by atoms with Crippen molar-refractivity contribution in [2.75, 3.05) is 19.8 Å². The van der Waals surface area contributed by atoms with E-state index in [0.29, 0.717) is 12.8 Å². The Balaban J connectivity index is 3.42. The third-order valence-electron chi connectivity index (χ3n) is 4.58. The monoisotopic (exact) mass is 449 g/mol. The fourth-order valence-corrected chi connectivity index (χ4v) is 7.68. The lowest BCUT2D eigenvalue weighted by molar-refractivity contribution is -0.168. The van der Waals surface area contributed by atoms with Crippen LogP contribution in [0.4, 0.5) is 0 Å². The van der Waals surface area contributed by atoms with Crippen LogP contribution in [0.15, 0.2) is 29.2 Å². The average Bonchev–Trinajstić information content (AvgIpc) is 2.65. The van der Waals surface area contributed by atoms with Gasteiger partial charge in [-0.3, -0.25) is 4.57 Å². The largest absolute Gasteiger partial charge is 0.342 e. The van der Waals surface area contributed by atoms with Crippen LogP contribution in [0.2, 0.25) is 0 Å². The van der Waals surface area contributed by atoms with Gasteiger partial charge in [-0.15, -0.1) is 0 Å². The predicted molar refractivity (Wildman–Crippen MR) is 116 cm³/mol. The quantitative estimate of drug-likeness (QED) is 0.322. The van der Waals surface area contributed by atoms with Crippen LogP contribution in [-0.4, -0.2) is 39.5 Å². The fourth-order valence-electron chi connectivity index (χ4n) is 3.10. The smallest absolute Gasteiger partial charge is 0.277 e. The van der Waals surface area contributed by atoms with E-state index in [1.54, 1.807) is 39.8 Å². The number of unbranched alkanes of at least 4 members (excludes halogenated alkanes) is 1. The first-order chi connectivity index (χ1) is 13.6. The molecule has 168 valence electrons. The lowest BCUT2D eigenvalue weighted by Crippen LogP contribution is -2.44. The Bertz CT molecular complexity index is 760. The van der Waals surface area contributed by atoms with Crippen molar-refractivity contribution in [1.82, 2.24) is 4.72 Å². The van der Waals surface area contributed by atoms with Crippen molar-refractivity contribution in [1.29, 1.82) is 0 Å². The number of hydrogen-bond donors (Lipinski definition) is 1. The molecule has 0 fully saturated rings. The Hall–Kier alpha value is -0.760. The summed E-state index contributed by atoms with van der Waals surface area (Å²) >= 11 is 0. The van der Waals surface area contributed by atoms with Gasteiger partial charge in [-0.25, -0.2) is 8.42 Å². The standard InChI is InChI=1S/C20H36NO6PS/c1-7-11-12-19(21-29(23,24)18-15-13-17(5)14-16-18)28(22,27-10-4)20(6,25-8-2)26-9-3/h13-16,19,21H,7-12H2,1-6H3/t19-,28?/m1/s1. The van der Waals surface area contributed by atoms with Gasteiger partial charge in [0, 0.05) is 13.2 Å². The van der Waals surface area contributed by atoms with Crippen molar-refractivity contribution in [3.8, 4) is 0 Å². The highest BCUT2D eigenvalue weighted by Crippen LogP contribution is 2.64. The Kier molecular flexibility index (Phi) is 10.5. The second kappa shape index (κ2) is 11.6. The minimum atomic E-state index is -3.91. The van der Waals surface area contributed by atoms with E-state index in [2.05, 4.69) is 4.72 Å².